The van der Waals surface area contributed by atoms with Crippen LogP contribution in [-0.2, 0) is 0 Å². The molecule has 1 aliphatic carbocycles. The average Bonchev–Trinajstić information content (AvgIpc) is 3.26. The summed E-state index contributed by atoms with van der Waals surface area (Å²) >= 11 is 0. The van der Waals surface area contributed by atoms with E-state index in [1.807, 2.05) is 4.90 Å². The zero-order valence-electron chi connectivity index (χ0n) is 12.6. The lowest BCUT2D eigenvalue weighted by Crippen LogP contribution is -2.46. The molecule has 3 fully saturated rings. The van der Waals surface area contributed by atoms with Crippen molar-refractivity contribution in [1.82, 2.24) is 4.90 Å². The number of benzene rings is 1. The van der Waals surface area contributed by atoms with Crippen LogP contribution in [0.4, 0.5) is 14.9 Å². The number of urea groups is 1. The number of nitrogens with one attached hydrogen (secondary N) is 1. The predicted octanol–water partition coefficient (Wildman–Crippen LogP) is 4.32. The van der Waals surface area contributed by atoms with Gasteiger partial charge >= 0.3 is 6.03 Å². The largest absolute Gasteiger partial charge is 0.322 e. The number of carbonyl (C=O) groups excluding carboxylic acids is 1. The van der Waals surface area contributed by atoms with Gasteiger partial charge in [0.05, 0.1) is 0 Å². The van der Waals surface area contributed by atoms with Gasteiger partial charge in [0.25, 0.3) is 0 Å². The highest BCUT2D eigenvalue weighted by Crippen LogP contribution is 2.41. The number of anilines is 1. The lowest BCUT2D eigenvalue weighted by atomic mass is 9.96. The molecule has 2 amide bonds. The van der Waals surface area contributed by atoms with E-state index < -0.39 is 0 Å². The number of nitrogens with zero attached hydrogens (tertiary/aromatic N) is 1. The summed E-state index contributed by atoms with van der Waals surface area (Å²) in [5, 5.41) is 2.91. The van der Waals surface area contributed by atoms with Crippen molar-refractivity contribution >= 4 is 11.7 Å². The molecule has 1 saturated carbocycles. The Morgan fingerprint density at radius 2 is 1.73 bits per heavy atom. The van der Waals surface area contributed by atoms with Crippen LogP contribution < -0.4 is 5.32 Å². The number of hydrogen-bond donors (Lipinski definition) is 1. The second kappa shape index (κ2) is 5.41. The van der Waals surface area contributed by atoms with Crippen molar-refractivity contribution in [3.63, 3.8) is 0 Å². The van der Waals surface area contributed by atoms with Gasteiger partial charge in [-0.25, -0.2) is 9.18 Å². The normalized spacial score (nSPS) is 27.0. The van der Waals surface area contributed by atoms with E-state index >= 15 is 0 Å². The van der Waals surface area contributed by atoms with Crippen molar-refractivity contribution in [2.75, 3.05) is 5.32 Å². The summed E-state index contributed by atoms with van der Waals surface area (Å²) in [6, 6.07) is 6.60. The summed E-state index contributed by atoms with van der Waals surface area (Å²) in [4.78, 5) is 14.6. The Bertz CT molecular complexity index is 590. The first-order chi connectivity index (χ1) is 10.7. The van der Waals surface area contributed by atoms with Crippen LogP contribution in [0.1, 0.15) is 38.5 Å². The number of halogens is 1. The van der Waals surface area contributed by atoms with Crippen LogP contribution >= 0.6 is 0 Å². The third kappa shape index (κ3) is 2.74. The van der Waals surface area contributed by atoms with E-state index in [0.29, 0.717) is 17.8 Å². The van der Waals surface area contributed by atoms with Crippen LogP contribution in [0.2, 0.25) is 0 Å². The van der Waals surface area contributed by atoms with Crippen molar-refractivity contribution in [2.45, 2.75) is 50.6 Å². The van der Waals surface area contributed by atoms with Gasteiger partial charge in [0.1, 0.15) is 5.82 Å². The number of fused-ring (bicyclic) bond motifs is 2. The highest BCUT2D eigenvalue weighted by atomic mass is 19.1. The topological polar surface area (TPSA) is 32.3 Å². The summed E-state index contributed by atoms with van der Waals surface area (Å²) in [6.07, 6.45) is 9.41. The fraction of sp³-hybridized carbons (Fsp3) is 0.500. The molecule has 0 spiro atoms. The molecule has 2 bridgehead atoms. The van der Waals surface area contributed by atoms with Gasteiger partial charge in [-0.15, -0.1) is 0 Å². The molecule has 2 saturated heterocycles. The number of amides is 2. The molecule has 4 heteroatoms. The summed E-state index contributed by atoms with van der Waals surface area (Å²) in [5.74, 6) is 0.528. The first-order valence-electron chi connectivity index (χ1n) is 8.23. The zero-order valence-corrected chi connectivity index (χ0v) is 12.6. The molecule has 1 aromatic rings. The number of carbonyl (C=O) groups is 1. The van der Waals surface area contributed by atoms with E-state index in [9.17, 15) is 9.18 Å². The molecular formula is C18H21FN2O. The van der Waals surface area contributed by atoms with Gasteiger partial charge in [-0.05, 0) is 68.7 Å². The maximum atomic E-state index is 12.9. The molecule has 22 heavy (non-hydrogen) atoms. The van der Waals surface area contributed by atoms with Gasteiger partial charge in [-0.2, -0.15) is 0 Å². The van der Waals surface area contributed by atoms with E-state index in [-0.39, 0.29) is 11.8 Å². The van der Waals surface area contributed by atoms with E-state index in [0.717, 1.165) is 31.6 Å². The Labute approximate surface area is 130 Å². The fourth-order valence-corrected chi connectivity index (χ4v) is 3.84. The van der Waals surface area contributed by atoms with Gasteiger partial charge in [0, 0.05) is 17.8 Å². The van der Waals surface area contributed by atoms with Crippen LogP contribution in [0.25, 0.3) is 0 Å². The van der Waals surface area contributed by atoms with Crippen LogP contribution in [0.5, 0.6) is 0 Å². The van der Waals surface area contributed by atoms with Gasteiger partial charge in [-0.3, -0.25) is 0 Å². The molecule has 1 N–H and O–H groups in total. The minimum Gasteiger partial charge on any atom is -0.318 e. The monoisotopic (exact) mass is 300 g/mol. The zero-order chi connectivity index (χ0) is 15.1. The van der Waals surface area contributed by atoms with Crippen LogP contribution in [0.3, 0.4) is 0 Å². The Balaban J connectivity index is 1.44. The van der Waals surface area contributed by atoms with Gasteiger partial charge in [0.2, 0.25) is 0 Å². The molecule has 3 nitrogen and oxygen atoms in total. The Kier molecular flexibility index (Phi) is 3.40. The quantitative estimate of drug-likeness (QED) is 0.810. The minimum absolute atomic E-state index is 0.0374. The molecule has 1 aromatic carbocycles. The van der Waals surface area contributed by atoms with E-state index in [4.69, 9.17) is 0 Å². The summed E-state index contributed by atoms with van der Waals surface area (Å²) in [6.45, 7) is 0. The van der Waals surface area contributed by atoms with Crippen molar-refractivity contribution in [3.05, 3.63) is 41.7 Å². The SMILES string of the molecule is O=C(Nc1ccc(F)cc1)N1C2CCC1CC(=CC1CC1)C2. The fourth-order valence-electron chi connectivity index (χ4n) is 3.84. The molecule has 3 aliphatic rings. The highest BCUT2D eigenvalue weighted by Gasteiger charge is 2.41. The maximum Gasteiger partial charge on any atom is 0.322 e. The standard InChI is InChI=1S/C18H21FN2O/c19-14-3-5-15(6-4-14)20-18(22)21-16-7-8-17(21)11-13(10-16)9-12-1-2-12/h3-6,9,12,16-17H,1-2,7-8,10-11H2,(H,20,22). The first-order valence-corrected chi connectivity index (χ1v) is 8.23. The van der Waals surface area contributed by atoms with Crippen molar-refractivity contribution in [2.24, 2.45) is 5.92 Å². The molecular weight excluding hydrogens is 279 g/mol. The van der Waals surface area contributed by atoms with E-state index in [1.165, 1.54) is 25.0 Å². The third-order valence-electron chi connectivity index (χ3n) is 5.04. The second-order valence-electron chi connectivity index (χ2n) is 6.80. The molecule has 0 radical (unpaired) electrons. The molecule has 116 valence electrons. The predicted molar refractivity (Wildman–Crippen MR) is 84.1 cm³/mol. The molecule has 0 aromatic heterocycles. The van der Waals surface area contributed by atoms with Crippen LogP contribution in [0, 0.1) is 11.7 Å². The van der Waals surface area contributed by atoms with Gasteiger partial charge < -0.3 is 10.2 Å². The van der Waals surface area contributed by atoms with Crippen molar-refractivity contribution < 1.29 is 9.18 Å². The Hall–Kier alpha value is -1.84. The van der Waals surface area contributed by atoms with Crippen molar-refractivity contribution in [1.29, 1.82) is 0 Å². The number of piperidine rings is 1. The molecule has 4 rings (SSSR count). The van der Waals surface area contributed by atoms with Crippen LogP contribution in [-0.4, -0.2) is 23.0 Å². The molecule has 2 aliphatic heterocycles. The highest BCUT2D eigenvalue weighted by molar-refractivity contribution is 5.90. The second-order valence-corrected chi connectivity index (χ2v) is 6.80. The van der Waals surface area contributed by atoms with Gasteiger partial charge in [0.15, 0.2) is 0 Å². The first kappa shape index (κ1) is 13.8. The lowest BCUT2D eigenvalue weighted by molar-refractivity contribution is 0.173. The molecule has 2 unspecified atom stereocenters. The van der Waals surface area contributed by atoms with E-state index in [1.54, 1.807) is 17.7 Å². The number of rotatable bonds is 2. The smallest absolute Gasteiger partial charge is 0.318 e. The third-order valence-corrected chi connectivity index (χ3v) is 5.04. The minimum atomic E-state index is -0.286. The molecule has 2 atom stereocenters. The van der Waals surface area contributed by atoms with Crippen molar-refractivity contribution in [3.8, 4) is 0 Å². The lowest BCUT2D eigenvalue weighted by Gasteiger charge is -2.36. The number of hydrogen-bond acceptors (Lipinski definition) is 1. The van der Waals surface area contributed by atoms with E-state index in [2.05, 4.69) is 11.4 Å². The number of allylic oxidation sites excluding steroid dienone is 1. The van der Waals surface area contributed by atoms with Crippen LogP contribution in [0.15, 0.2) is 35.9 Å². The maximum absolute atomic E-state index is 12.9. The summed E-state index contributed by atoms with van der Waals surface area (Å²) in [7, 11) is 0. The van der Waals surface area contributed by atoms with Gasteiger partial charge in [-0.1, -0.05) is 11.6 Å². The summed E-state index contributed by atoms with van der Waals surface area (Å²) in [5.41, 5.74) is 2.21. The Morgan fingerprint density at radius 1 is 1.09 bits per heavy atom. The average molecular weight is 300 g/mol. The molecule has 2 heterocycles. The Morgan fingerprint density at radius 3 is 2.32 bits per heavy atom. The summed E-state index contributed by atoms with van der Waals surface area (Å²) < 4.78 is 12.9.